The van der Waals surface area contributed by atoms with E-state index >= 15 is 0 Å². The van der Waals surface area contributed by atoms with Crippen LogP contribution in [0.5, 0.6) is 5.75 Å². The van der Waals surface area contributed by atoms with Crippen LogP contribution in [0.15, 0.2) is 42.6 Å². The number of amides is 2. The van der Waals surface area contributed by atoms with Crippen molar-refractivity contribution in [3.05, 3.63) is 75.9 Å². The van der Waals surface area contributed by atoms with E-state index in [9.17, 15) is 31.5 Å². The van der Waals surface area contributed by atoms with Gasteiger partial charge >= 0.3 is 6.18 Å². The van der Waals surface area contributed by atoms with Crippen molar-refractivity contribution in [2.24, 2.45) is 0 Å². The maximum Gasteiger partial charge on any atom is 0.416 e. The number of halogens is 5. The van der Waals surface area contributed by atoms with E-state index in [-0.39, 0.29) is 54.2 Å². The van der Waals surface area contributed by atoms with Crippen LogP contribution in [0, 0.1) is 6.92 Å². The first kappa shape index (κ1) is 33.0. The summed E-state index contributed by atoms with van der Waals surface area (Å²) < 4.78 is 70.7. The first-order chi connectivity index (χ1) is 22.8. The topological polar surface area (TPSA) is 148 Å². The van der Waals surface area contributed by atoms with Gasteiger partial charge in [0.15, 0.2) is 5.82 Å². The Morgan fingerprint density at radius 3 is 2.60 bits per heavy atom. The molecule has 18 heteroatoms. The Morgan fingerprint density at radius 1 is 1.06 bits per heavy atom. The molecular weight excluding hydrogens is 661 g/mol. The highest BCUT2D eigenvalue weighted by Gasteiger charge is 2.47. The van der Waals surface area contributed by atoms with Gasteiger partial charge in [-0.25, -0.2) is 8.78 Å². The average Bonchev–Trinajstić information content (AvgIpc) is 3.70. The molecule has 48 heavy (non-hydrogen) atoms. The largest absolute Gasteiger partial charge is 0.490 e. The minimum atomic E-state index is -4.51. The molecule has 4 aromatic rings. The second-order valence-electron chi connectivity index (χ2n) is 11.5. The van der Waals surface area contributed by atoms with Gasteiger partial charge in [-0.1, -0.05) is 11.3 Å². The van der Waals surface area contributed by atoms with Crippen molar-refractivity contribution < 1.29 is 36.3 Å². The van der Waals surface area contributed by atoms with E-state index < -0.39 is 29.7 Å². The van der Waals surface area contributed by atoms with Crippen molar-refractivity contribution in [2.75, 3.05) is 23.3 Å². The van der Waals surface area contributed by atoms with Gasteiger partial charge in [0.05, 0.1) is 35.6 Å². The molecule has 2 amide bonds. The Morgan fingerprint density at radius 2 is 1.88 bits per heavy atom. The molecule has 6 rings (SSSR count). The SMILES string of the molecule is Cc1cc(OC2CC(F)(F)C2)cc(CC(=O)Nc2ccc(C3CCN(c4nnc(C(=O)NCc5cc(C(F)(F)F)ccn5)s4)C3)nn2)n1. The molecular formula is C30H28F5N9O3S. The summed E-state index contributed by atoms with van der Waals surface area (Å²) in [4.78, 5) is 35.4. The van der Waals surface area contributed by atoms with E-state index in [1.54, 1.807) is 31.2 Å². The summed E-state index contributed by atoms with van der Waals surface area (Å²) >= 11 is 1.06. The molecule has 1 unspecified atom stereocenters. The van der Waals surface area contributed by atoms with Crippen molar-refractivity contribution in [2.45, 2.75) is 63.3 Å². The maximum atomic E-state index is 13.2. The number of alkyl halides is 5. The third kappa shape index (κ3) is 8.15. The van der Waals surface area contributed by atoms with Crippen LogP contribution in [-0.4, -0.2) is 67.3 Å². The zero-order chi connectivity index (χ0) is 34.1. The highest BCUT2D eigenvalue weighted by Crippen LogP contribution is 2.40. The second-order valence-corrected chi connectivity index (χ2v) is 12.5. The molecule has 1 saturated carbocycles. The summed E-state index contributed by atoms with van der Waals surface area (Å²) in [5, 5.41) is 22.3. The second kappa shape index (κ2) is 13.3. The summed E-state index contributed by atoms with van der Waals surface area (Å²) in [6.07, 6.45) is -4.08. The first-order valence-corrected chi connectivity index (χ1v) is 15.7. The van der Waals surface area contributed by atoms with Crippen molar-refractivity contribution in [3.63, 3.8) is 0 Å². The van der Waals surface area contributed by atoms with Crippen LogP contribution in [0.4, 0.5) is 32.9 Å². The zero-order valence-electron chi connectivity index (χ0n) is 25.3. The number of anilines is 2. The van der Waals surface area contributed by atoms with Gasteiger partial charge in [-0.05, 0) is 37.6 Å². The van der Waals surface area contributed by atoms with Gasteiger partial charge < -0.3 is 20.3 Å². The molecule has 1 saturated heterocycles. The molecule has 1 atom stereocenters. The Balaban J connectivity index is 0.981. The molecule has 0 spiro atoms. The molecule has 2 N–H and O–H groups in total. The molecule has 0 aromatic carbocycles. The van der Waals surface area contributed by atoms with Crippen LogP contribution in [-0.2, 0) is 23.9 Å². The third-order valence-corrected chi connectivity index (χ3v) is 8.67. The van der Waals surface area contributed by atoms with Gasteiger partial charge in [0.25, 0.3) is 11.8 Å². The maximum absolute atomic E-state index is 13.2. The van der Waals surface area contributed by atoms with Crippen LogP contribution in [0.2, 0.25) is 0 Å². The number of aryl methyl sites for hydroxylation is 1. The molecule has 0 radical (unpaired) electrons. The zero-order valence-corrected chi connectivity index (χ0v) is 26.1. The minimum Gasteiger partial charge on any atom is -0.490 e. The van der Waals surface area contributed by atoms with Gasteiger partial charge in [0.2, 0.25) is 16.0 Å². The van der Waals surface area contributed by atoms with E-state index in [2.05, 4.69) is 41.0 Å². The van der Waals surface area contributed by atoms with Crippen LogP contribution in [0.1, 0.15) is 63.3 Å². The Hall–Kier alpha value is -4.87. The van der Waals surface area contributed by atoms with Gasteiger partial charge in [0.1, 0.15) is 11.9 Å². The summed E-state index contributed by atoms with van der Waals surface area (Å²) in [5.41, 5.74) is 0.927. The third-order valence-electron chi connectivity index (χ3n) is 7.69. The van der Waals surface area contributed by atoms with Crippen LogP contribution in [0.25, 0.3) is 0 Å². The fraction of sp³-hybridized carbons (Fsp3) is 0.400. The first-order valence-electron chi connectivity index (χ1n) is 14.8. The number of ether oxygens (including phenoxy) is 1. The van der Waals surface area contributed by atoms with Gasteiger partial charge in [0, 0.05) is 55.9 Å². The number of pyridine rings is 2. The van der Waals surface area contributed by atoms with Crippen LogP contribution >= 0.6 is 11.3 Å². The Labute approximate surface area is 274 Å². The minimum absolute atomic E-state index is 0.000874. The quantitative estimate of drug-likeness (QED) is 0.224. The van der Waals surface area contributed by atoms with Crippen molar-refractivity contribution in [1.29, 1.82) is 0 Å². The number of rotatable bonds is 10. The van der Waals surface area contributed by atoms with E-state index in [4.69, 9.17) is 4.74 Å². The van der Waals surface area contributed by atoms with E-state index in [1.807, 2.05) is 4.90 Å². The number of nitrogens with one attached hydrogen (secondary N) is 2. The lowest BCUT2D eigenvalue weighted by Gasteiger charge is -2.34. The fourth-order valence-electron chi connectivity index (χ4n) is 5.33. The predicted molar refractivity (Wildman–Crippen MR) is 162 cm³/mol. The Kier molecular flexibility index (Phi) is 9.18. The van der Waals surface area contributed by atoms with Crippen molar-refractivity contribution >= 4 is 34.1 Å². The predicted octanol–water partition coefficient (Wildman–Crippen LogP) is 4.73. The summed E-state index contributed by atoms with van der Waals surface area (Å²) in [5.74, 6) is -3.02. The molecule has 12 nitrogen and oxygen atoms in total. The number of carbonyl (C=O) groups excluding carboxylic acids is 2. The van der Waals surface area contributed by atoms with Crippen molar-refractivity contribution in [1.82, 2.24) is 35.7 Å². The number of nitrogens with zero attached hydrogens (tertiary/aromatic N) is 7. The smallest absolute Gasteiger partial charge is 0.416 e. The highest BCUT2D eigenvalue weighted by molar-refractivity contribution is 7.17. The molecule has 4 aromatic heterocycles. The summed E-state index contributed by atoms with van der Waals surface area (Å²) in [6, 6.07) is 8.34. The molecule has 5 heterocycles. The summed E-state index contributed by atoms with van der Waals surface area (Å²) in [6.45, 7) is 2.68. The Bertz CT molecular complexity index is 1800. The highest BCUT2D eigenvalue weighted by atomic mass is 32.1. The van der Waals surface area contributed by atoms with E-state index in [0.717, 1.165) is 36.1 Å². The average molecular weight is 690 g/mol. The number of aromatic nitrogens is 6. The summed E-state index contributed by atoms with van der Waals surface area (Å²) in [7, 11) is 0. The molecule has 1 aliphatic heterocycles. The number of hydrogen-bond donors (Lipinski definition) is 2. The lowest BCUT2D eigenvalue weighted by Crippen LogP contribution is -2.43. The fourth-order valence-corrected chi connectivity index (χ4v) is 6.13. The normalized spacial score (nSPS) is 17.5. The molecule has 0 bridgehead atoms. The lowest BCUT2D eigenvalue weighted by atomic mass is 9.91. The van der Waals surface area contributed by atoms with Crippen LogP contribution in [0.3, 0.4) is 0 Å². The van der Waals surface area contributed by atoms with Gasteiger partial charge in [-0.15, -0.1) is 15.3 Å². The molecule has 2 aliphatic rings. The van der Waals surface area contributed by atoms with Crippen LogP contribution < -0.4 is 20.3 Å². The van der Waals surface area contributed by atoms with Gasteiger partial charge in [-0.2, -0.15) is 18.3 Å². The number of hydrogen-bond acceptors (Lipinski definition) is 11. The molecule has 1 aliphatic carbocycles. The van der Waals surface area contributed by atoms with E-state index in [1.165, 1.54) is 0 Å². The lowest BCUT2D eigenvalue weighted by molar-refractivity contribution is -0.137. The molecule has 252 valence electrons. The standard InChI is InChI=1S/C30H28F5N9O3S/c1-16-8-21(47-22-12-29(31,32)13-22)10-19(38-16)11-25(45)39-24-3-2-23(40-41-24)17-5-7-44(15-17)28-43-42-27(48-28)26(46)37-14-20-9-18(4-6-36-20)30(33,34)35/h2-4,6,8-10,17,22H,5,7,11-15H2,1H3,(H,37,46)(H,39,41,45). The van der Waals surface area contributed by atoms with Gasteiger partial charge in [-0.3, -0.25) is 19.6 Å². The number of carbonyl (C=O) groups is 2. The molecule has 2 fully saturated rings. The van der Waals surface area contributed by atoms with Crippen molar-refractivity contribution in [3.8, 4) is 5.75 Å². The van der Waals surface area contributed by atoms with E-state index in [0.29, 0.717) is 41.1 Å². The monoisotopic (exact) mass is 689 g/mol.